The molecule has 128 valence electrons. The van der Waals surface area contributed by atoms with E-state index < -0.39 is 0 Å². The Morgan fingerprint density at radius 2 is 1.68 bits per heavy atom. The molecular weight excluding hydrogens is 318 g/mol. The summed E-state index contributed by atoms with van der Waals surface area (Å²) in [7, 11) is 0. The van der Waals surface area contributed by atoms with Gasteiger partial charge in [0.1, 0.15) is 5.75 Å². The smallest absolute Gasteiger partial charge is 0.322 e. The lowest BCUT2D eigenvalue weighted by Crippen LogP contribution is -2.20. The second kappa shape index (κ2) is 7.17. The molecule has 1 aromatic heterocycles. The molecule has 2 aromatic carbocycles. The third-order valence-electron chi connectivity index (χ3n) is 3.53. The molecule has 1 N–H and O–H groups in total. The van der Waals surface area contributed by atoms with Gasteiger partial charge >= 0.3 is 6.01 Å². The third kappa shape index (κ3) is 4.44. The lowest BCUT2D eigenvalue weighted by molar-refractivity contribution is -0.118. The number of aromatic nitrogens is 2. The summed E-state index contributed by atoms with van der Waals surface area (Å²) in [6, 6.07) is 13.5. The van der Waals surface area contributed by atoms with Crippen LogP contribution in [-0.4, -0.2) is 22.7 Å². The second-order valence-electron chi connectivity index (χ2n) is 5.94. The van der Waals surface area contributed by atoms with Crippen LogP contribution in [0.1, 0.15) is 16.7 Å². The SMILES string of the molecule is Cc1ccc(OCC(=O)Nc2nnc(-c3cc(C)cc(C)c3)o2)cc1. The average molecular weight is 337 g/mol. The maximum Gasteiger partial charge on any atom is 0.322 e. The molecular formula is C19H19N3O3. The molecule has 6 heteroatoms. The van der Waals surface area contributed by atoms with Crippen molar-refractivity contribution in [2.24, 2.45) is 0 Å². The minimum absolute atomic E-state index is 0.0478. The van der Waals surface area contributed by atoms with Crippen molar-refractivity contribution < 1.29 is 13.9 Å². The molecule has 0 aliphatic heterocycles. The highest BCUT2D eigenvalue weighted by molar-refractivity contribution is 5.89. The van der Waals surface area contributed by atoms with Crippen molar-refractivity contribution in [3.05, 3.63) is 59.2 Å². The largest absolute Gasteiger partial charge is 0.484 e. The summed E-state index contributed by atoms with van der Waals surface area (Å²) in [5.41, 5.74) is 4.15. The molecule has 0 aliphatic rings. The van der Waals surface area contributed by atoms with Crippen molar-refractivity contribution in [2.45, 2.75) is 20.8 Å². The summed E-state index contributed by atoms with van der Waals surface area (Å²) >= 11 is 0. The van der Waals surface area contributed by atoms with E-state index in [1.165, 1.54) is 0 Å². The fraction of sp³-hybridized carbons (Fsp3) is 0.211. The topological polar surface area (TPSA) is 77.2 Å². The molecule has 3 aromatic rings. The van der Waals surface area contributed by atoms with Gasteiger partial charge in [-0.2, -0.15) is 0 Å². The molecule has 0 unspecified atom stereocenters. The van der Waals surface area contributed by atoms with Crippen molar-refractivity contribution in [2.75, 3.05) is 11.9 Å². The zero-order valence-electron chi connectivity index (χ0n) is 14.4. The van der Waals surface area contributed by atoms with Crippen LogP contribution in [0, 0.1) is 20.8 Å². The molecule has 3 rings (SSSR count). The van der Waals surface area contributed by atoms with Crippen molar-refractivity contribution in [3.63, 3.8) is 0 Å². The van der Waals surface area contributed by atoms with Gasteiger partial charge in [0.15, 0.2) is 6.61 Å². The van der Waals surface area contributed by atoms with Gasteiger partial charge < -0.3 is 9.15 Å². The highest BCUT2D eigenvalue weighted by atomic mass is 16.5. The predicted molar refractivity (Wildman–Crippen MR) is 94.5 cm³/mol. The molecule has 1 heterocycles. The molecule has 0 bridgehead atoms. The van der Waals surface area contributed by atoms with Gasteiger partial charge in [-0.3, -0.25) is 10.1 Å². The Balaban J connectivity index is 1.60. The molecule has 0 fully saturated rings. The van der Waals surface area contributed by atoms with Gasteiger partial charge in [-0.1, -0.05) is 40.0 Å². The Morgan fingerprint density at radius 1 is 1.00 bits per heavy atom. The normalized spacial score (nSPS) is 10.5. The average Bonchev–Trinajstić information content (AvgIpc) is 3.02. The lowest BCUT2D eigenvalue weighted by Gasteiger charge is -2.05. The quantitative estimate of drug-likeness (QED) is 0.768. The van der Waals surface area contributed by atoms with Crippen LogP contribution in [0.15, 0.2) is 46.9 Å². The molecule has 1 amide bonds. The zero-order chi connectivity index (χ0) is 17.8. The van der Waals surface area contributed by atoms with Crippen LogP contribution in [0.4, 0.5) is 6.01 Å². The van der Waals surface area contributed by atoms with E-state index in [2.05, 4.69) is 21.6 Å². The standard InChI is InChI=1S/C19H19N3O3/c1-12-4-6-16(7-5-12)24-11-17(23)20-19-22-21-18(25-19)15-9-13(2)8-14(3)10-15/h4-10H,11H2,1-3H3,(H,20,22,23). The van der Waals surface area contributed by atoms with Gasteiger partial charge in [0, 0.05) is 5.56 Å². The van der Waals surface area contributed by atoms with Crippen LogP contribution < -0.4 is 10.1 Å². The molecule has 0 radical (unpaired) electrons. The Bertz CT molecular complexity index is 865. The first-order chi connectivity index (χ1) is 12.0. The first kappa shape index (κ1) is 16.7. The van der Waals surface area contributed by atoms with E-state index in [1.54, 1.807) is 0 Å². The maximum atomic E-state index is 11.9. The number of hydrogen-bond donors (Lipinski definition) is 1. The maximum absolute atomic E-state index is 11.9. The van der Waals surface area contributed by atoms with Crippen molar-refractivity contribution in [3.8, 4) is 17.2 Å². The Labute approximate surface area is 145 Å². The Hall–Kier alpha value is -3.15. The second-order valence-corrected chi connectivity index (χ2v) is 5.94. The van der Waals surface area contributed by atoms with E-state index in [9.17, 15) is 4.79 Å². The number of carbonyl (C=O) groups excluding carboxylic acids is 1. The molecule has 6 nitrogen and oxygen atoms in total. The summed E-state index contributed by atoms with van der Waals surface area (Å²) in [5, 5.41) is 10.4. The number of anilines is 1. The summed E-state index contributed by atoms with van der Waals surface area (Å²) in [5.74, 6) is 0.625. The van der Waals surface area contributed by atoms with E-state index in [-0.39, 0.29) is 18.5 Å². The van der Waals surface area contributed by atoms with Crippen LogP contribution in [0.25, 0.3) is 11.5 Å². The van der Waals surface area contributed by atoms with E-state index >= 15 is 0 Å². The van der Waals surface area contributed by atoms with Gasteiger partial charge in [0.05, 0.1) is 0 Å². The number of amides is 1. The molecule has 25 heavy (non-hydrogen) atoms. The molecule has 0 atom stereocenters. The summed E-state index contributed by atoms with van der Waals surface area (Å²) in [6.07, 6.45) is 0. The number of carbonyl (C=O) groups is 1. The van der Waals surface area contributed by atoms with Crippen LogP contribution in [0.2, 0.25) is 0 Å². The fourth-order valence-electron chi connectivity index (χ4n) is 2.43. The van der Waals surface area contributed by atoms with Gasteiger partial charge in [-0.15, -0.1) is 5.10 Å². The van der Waals surface area contributed by atoms with Crippen LogP contribution >= 0.6 is 0 Å². The van der Waals surface area contributed by atoms with Crippen LogP contribution in [0.3, 0.4) is 0 Å². The minimum Gasteiger partial charge on any atom is -0.484 e. The molecule has 0 saturated heterocycles. The monoisotopic (exact) mass is 337 g/mol. The number of ether oxygens (including phenoxy) is 1. The number of benzene rings is 2. The van der Waals surface area contributed by atoms with Crippen LogP contribution in [-0.2, 0) is 4.79 Å². The minimum atomic E-state index is -0.365. The first-order valence-electron chi connectivity index (χ1n) is 7.91. The van der Waals surface area contributed by atoms with Gasteiger partial charge in [0.2, 0.25) is 5.89 Å². The van der Waals surface area contributed by atoms with E-state index in [0.29, 0.717) is 11.6 Å². The van der Waals surface area contributed by atoms with Gasteiger partial charge in [0.25, 0.3) is 5.91 Å². The van der Waals surface area contributed by atoms with Gasteiger partial charge in [-0.05, 0) is 45.0 Å². The summed E-state index contributed by atoms with van der Waals surface area (Å²) in [4.78, 5) is 11.9. The van der Waals surface area contributed by atoms with Crippen molar-refractivity contribution in [1.29, 1.82) is 0 Å². The Kier molecular flexibility index (Phi) is 4.79. The third-order valence-corrected chi connectivity index (χ3v) is 3.53. The number of nitrogens with one attached hydrogen (secondary N) is 1. The number of rotatable bonds is 5. The zero-order valence-corrected chi connectivity index (χ0v) is 14.4. The van der Waals surface area contributed by atoms with Crippen LogP contribution in [0.5, 0.6) is 5.75 Å². The number of nitrogens with zero attached hydrogens (tertiary/aromatic N) is 2. The number of hydrogen-bond acceptors (Lipinski definition) is 5. The predicted octanol–water partition coefficient (Wildman–Crippen LogP) is 3.68. The highest BCUT2D eigenvalue weighted by Crippen LogP contribution is 2.22. The first-order valence-corrected chi connectivity index (χ1v) is 7.91. The molecule has 0 aliphatic carbocycles. The highest BCUT2D eigenvalue weighted by Gasteiger charge is 2.12. The van der Waals surface area contributed by atoms with E-state index in [0.717, 1.165) is 22.3 Å². The molecule has 0 saturated carbocycles. The van der Waals surface area contributed by atoms with E-state index in [4.69, 9.17) is 9.15 Å². The van der Waals surface area contributed by atoms with Gasteiger partial charge in [-0.25, -0.2) is 0 Å². The fourth-order valence-corrected chi connectivity index (χ4v) is 2.43. The van der Waals surface area contributed by atoms with E-state index in [1.807, 2.05) is 57.2 Å². The molecule has 0 spiro atoms. The Morgan fingerprint density at radius 3 is 2.36 bits per heavy atom. The summed E-state index contributed by atoms with van der Waals surface area (Å²) < 4.78 is 10.9. The number of aryl methyl sites for hydroxylation is 3. The van der Waals surface area contributed by atoms with Crippen molar-refractivity contribution in [1.82, 2.24) is 10.2 Å². The summed E-state index contributed by atoms with van der Waals surface area (Å²) in [6.45, 7) is 5.85. The lowest BCUT2D eigenvalue weighted by atomic mass is 10.1. The van der Waals surface area contributed by atoms with Crippen molar-refractivity contribution >= 4 is 11.9 Å².